The molecule has 1 aromatic carbocycles. The van der Waals surface area contributed by atoms with Crippen LogP contribution in [0.15, 0.2) is 18.2 Å². The summed E-state index contributed by atoms with van der Waals surface area (Å²) < 4.78 is 0. The maximum absolute atomic E-state index is 11.0. The SMILES string of the molecule is NC(=O)c1ccc(CN2CCC(O)C2)c([N+](=O)[O-])c1. The Labute approximate surface area is 109 Å². The predicted octanol–water partition coefficient (Wildman–Crippen LogP) is 0.260. The van der Waals surface area contributed by atoms with Gasteiger partial charge in [0, 0.05) is 36.8 Å². The molecule has 1 fully saturated rings. The van der Waals surface area contributed by atoms with Crippen LogP contribution in [0.3, 0.4) is 0 Å². The molecular formula is C12H15N3O4. The van der Waals surface area contributed by atoms with Crippen LogP contribution in [0.5, 0.6) is 0 Å². The van der Waals surface area contributed by atoms with Crippen molar-refractivity contribution in [3.8, 4) is 0 Å². The minimum atomic E-state index is -0.689. The van der Waals surface area contributed by atoms with Crippen molar-refractivity contribution in [3.63, 3.8) is 0 Å². The van der Waals surface area contributed by atoms with E-state index in [2.05, 4.69) is 0 Å². The number of aliphatic hydroxyl groups excluding tert-OH is 1. The van der Waals surface area contributed by atoms with Gasteiger partial charge in [-0.15, -0.1) is 0 Å². The van der Waals surface area contributed by atoms with Crippen molar-refractivity contribution >= 4 is 11.6 Å². The summed E-state index contributed by atoms with van der Waals surface area (Å²) in [4.78, 5) is 23.5. The molecule has 0 aliphatic carbocycles. The van der Waals surface area contributed by atoms with Crippen molar-refractivity contribution in [2.45, 2.75) is 19.1 Å². The van der Waals surface area contributed by atoms with Crippen LogP contribution >= 0.6 is 0 Å². The van der Waals surface area contributed by atoms with E-state index in [1.807, 2.05) is 4.90 Å². The Balaban J connectivity index is 2.24. The number of hydrogen-bond acceptors (Lipinski definition) is 5. The highest BCUT2D eigenvalue weighted by molar-refractivity contribution is 5.93. The number of nitrogens with zero attached hydrogens (tertiary/aromatic N) is 2. The van der Waals surface area contributed by atoms with E-state index < -0.39 is 10.8 Å². The van der Waals surface area contributed by atoms with E-state index in [1.165, 1.54) is 12.1 Å². The number of primary amides is 1. The lowest BCUT2D eigenvalue weighted by molar-refractivity contribution is -0.385. The molecule has 3 N–H and O–H groups in total. The van der Waals surface area contributed by atoms with Gasteiger partial charge in [-0.25, -0.2) is 0 Å². The average molecular weight is 265 g/mol. The first-order valence-corrected chi connectivity index (χ1v) is 5.95. The maximum Gasteiger partial charge on any atom is 0.274 e. The molecule has 0 saturated carbocycles. The molecule has 1 saturated heterocycles. The normalized spacial score (nSPS) is 19.5. The Morgan fingerprint density at radius 2 is 2.32 bits per heavy atom. The number of amides is 1. The van der Waals surface area contributed by atoms with Gasteiger partial charge >= 0.3 is 0 Å². The highest BCUT2D eigenvalue weighted by atomic mass is 16.6. The van der Waals surface area contributed by atoms with Gasteiger partial charge in [-0.05, 0) is 12.5 Å². The van der Waals surface area contributed by atoms with E-state index >= 15 is 0 Å². The van der Waals surface area contributed by atoms with Crippen LogP contribution in [-0.4, -0.2) is 40.0 Å². The van der Waals surface area contributed by atoms with Crippen LogP contribution in [-0.2, 0) is 6.54 Å². The maximum atomic E-state index is 11.0. The molecule has 7 heteroatoms. The molecular weight excluding hydrogens is 250 g/mol. The standard InChI is InChI=1S/C12H15N3O4/c13-12(17)8-1-2-9(11(5-8)15(18)19)6-14-4-3-10(16)7-14/h1-2,5,10,16H,3-4,6-7H2,(H2,13,17). The number of carbonyl (C=O) groups is 1. The van der Waals surface area contributed by atoms with Gasteiger partial charge in [-0.2, -0.15) is 0 Å². The second-order valence-electron chi connectivity index (χ2n) is 4.64. The quantitative estimate of drug-likeness (QED) is 0.599. The zero-order valence-electron chi connectivity index (χ0n) is 10.3. The lowest BCUT2D eigenvalue weighted by atomic mass is 10.1. The van der Waals surface area contributed by atoms with Gasteiger partial charge in [0.15, 0.2) is 0 Å². The van der Waals surface area contributed by atoms with Gasteiger partial charge in [-0.1, -0.05) is 6.07 Å². The fraction of sp³-hybridized carbons (Fsp3) is 0.417. The van der Waals surface area contributed by atoms with E-state index in [4.69, 9.17) is 5.73 Å². The minimum Gasteiger partial charge on any atom is -0.392 e. The molecule has 0 bridgehead atoms. The first kappa shape index (κ1) is 13.4. The number of β-amino-alcohol motifs (C(OH)–C–C–N with tert-alkyl or cyclic N) is 1. The largest absolute Gasteiger partial charge is 0.392 e. The molecule has 1 aromatic rings. The number of nitro benzene ring substituents is 1. The minimum absolute atomic E-state index is 0.113. The van der Waals surface area contributed by atoms with E-state index in [-0.39, 0.29) is 17.4 Å². The lowest BCUT2D eigenvalue weighted by Crippen LogP contribution is -2.22. The Morgan fingerprint density at radius 1 is 1.58 bits per heavy atom. The van der Waals surface area contributed by atoms with E-state index in [0.29, 0.717) is 31.6 Å². The summed E-state index contributed by atoms with van der Waals surface area (Å²) in [5.41, 5.74) is 5.64. The zero-order chi connectivity index (χ0) is 14.0. The average Bonchev–Trinajstić information content (AvgIpc) is 2.74. The molecule has 19 heavy (non-hydrogen) atoms. The summed E-state index contributed by atoms with van der Waals surface area (Å²) in [6.07, 6.45) is 0.302. The molecule has 2 rings (SSSR count). The summed E-state index contributed by atoms with van der Waals surface area (Å²) in [6.45, 7) is 1.59. The van der Waals surface area contributed by atoms with Gasteiger partial charge in [-0.3, -0.25) is 19.8 Å². The van der Waals surface area contributed by atoms with Gasteiger partial charge in [0.25, 0.3) is 5.69 Å². The van der Waals surface area contributed by atoms with Crippen LogP contribution in [0.25, 0.3) is 0 Å². The highest BCUT2D eigenvalue weighted by Crippen LogP contribution is 2.23. The van der Waals surface area contributed by atoms with Crippen LogP contribution in [0.2, 0.25) is 0 Å². The summed E-state index contributed by atoms with van der Waals surface area (Å²) in [6, 6.07) is 4.23. The number of rotatable bonds is 4. The number of likely N-dealkylation sites (tertiary alicyclic amines) is 1. The van der Waals surface area contributed by atoms with E-state index in [0.717, 1.165) is 0 Å². The number of nitro groups is 1. The number of aliphatic hydroxyl groups is 1. The molecule has 0 radical (unpaired) electrons. The molecule has 1 aliphatic rings. The smallest absolute Gasteiger partial charge is 0.274 e. The fourth-order valence-electron chi connectivity index (χ4n) is 2.22. The van der Waals surface area contributed by atoms with Crippen molar-refractivity contribution in [2.24, 2.45) is 5.73 Å². The van der Waals surface area contributed by atoms with Crippen molar-refractivity contribution in [1.29, 1.82) is 0 Å². The third kappa shape index (κ3) is 3.07. The van der Waals surface area contributed by atoms with Crippen molar-refractivity contribution in [2.75, 3.05) is 13.1 Å². The molecule has 1 heterocycles. The lowest BCUT2D eigenvalue weighted by Gasteiger charge is -2.15. The number of nitrogens with two attached hydrogens (primary N) is 1. The molecule has 1 amide bonds. The van der Waals surface area contributed by atoms with Crippen LogP contribution in [0.1, 0.15) is 22.3 Å². The molecule has 1 aliphatic heterocycles. The number of carbonyl (C=O) groups excluding carboxylic acids is 1. The molecule has 0 aromatic heterocycles. The first-order chi connectivity index (χ1) is 8.97. The van der Waals surface area contributed by atoms with E-state index in [9.17, 15) is 20.0 Å². The second-order valence-corrected chi connectivity index (χ2v) is 4.64. The summed E-state index contributed by atoms with van der Waals surface area (Å²) in [5, 5.41) is 20.5. The first-order valence-electron chi connectivity index (χ1n) is 5.95. The fourth-order valence-corrected chi connectivity index (χ4v) is 2.22. The Hall–Kier alpha value is -1.99. The molecule has 102 valence electrons. The third-order valence-corrected chi connectivity index (χ3v) is 3.21. The Morgan fingerprint density at radius 3 is 2.84 bits per heavy atom. The van der Waals surface area contributed by atoms with Gasteiger partial charge in [0.2, 0.25) is 5.91 Å². The van der Waals surface area contributed by atoms with Crippen molar-refractivity contribution < 1.29 is 14.8 Å². The monoisotopic (exact) mass is 265 g/mol. The highest BCUT2D eigenvalue weighted by Gasteiger charge is 2.24. The number of hydrogen-bond donors (Lipinski definition) is 2. The Kier molecular flexibility index (Phi) is 3.77. The van der Waals surface area contributed by atoms with Crippen LogP contribution in [0.4, 0.5) is 5.69 Å². The van der Waals surface area contributed by atoms with Gasteiger partial charge < -0.3 is 10.8 Å². The van der Waals surface area contributed by atoms with Gasteiger partial charge in [0.1, 0.15) is 0 Å². The summed E-state index contributed by atoms with van der Waals surface area (Å²) in [5.74, 6) is -0.689. The van der Waals surface area contributed by atoms with Crippen LogP contribution < -0.4 is 5.73 Å². The zero-order valence-corrected chi connectivity index (χ0v) is 10.3. The van der Waals surface area contributed by atoms with Crippen molar-refractivity contribution in [1.82, 2.24) is 4.90 Å². The molecule has 1 atom stereocenters. The van der Waals surface area contributed by atoms with Gasteiger partial charge in [0.05, 0.1) is 11.0 Å². The Bertz CT molecular complexity index is 518. The number of benzene rings is 1. The molecule has 7 nitrogen and oxygen atoms in total. The van der Waals surface area contributed by atoms with Crippen LogP contribution in [0, 0.1) is 10.1 Å². The summed E-state index contributed by atoms with van der Waals surface area (Å²) >= 11 is 0. The van der Waals surface area contributed by atoms with Crippen molar-refractivity contribution in [3.05, 3.63) is 39.4 Å². The molecule has 1 unspecified atom stereocenters. The summed E-state index contributed by atoms with van der Waals surface area (Å²) in [7, 11) is 0. The van der Waals surface area contributed by atoms with E-state index in [1.54, 1.807) is 6.07 Å². The second kappa shape index (κ2) is 5.33. The predicted molar refractivity (Wildman–Crippen MR) is 67.5 cm³/mol. The molecule has 0 spiro atoms. The topological polar surface area (TPSA) is 110 Å². The third-order valence-electron chi connectivity index (χ3n) is 3.21.